The summed E-state index contributed by atoms with van der Waals surface area (Å²) in [5.41, 5.74) is 1.44. The van der Waals surface area contributed by atoms with Crippen LogP contribution in [0.15, 0.2) is 54.6 Å². The number of hydrogen-bond donors (Lipinski definition) is 0. The molecule has 0 aromatic heterocycles. The molecule has 1 saturated carbocycles. The highest BCUT2D eigenvalue weighted by atomic mass is 16.5. The maximum atomic E-state index is 11.2. The van der Waals surface area contributed by atoms with Crippen molar-refractivity contribution >= 4 is 5.97 Å². The molecule has 0 unspecified atom stereocenters. The molecule has 160 valence electrons. The van der Waals surface area contributed by atoms with Crippen molar-refractivity contribution in [3.05, 3.63) is 60.2 Å². The summed E-state index contributed by atoms with van der Waals surface area (Å²) in [4.78, 5) is 11.2. The quantitative estimate of drug-likeness (QED) is 0.228. The Kier molecular flexibility index (Phi) is 10.2. The van der Waals surface area contributed by atoms with Crippen molar-refractivity contribution in [1.29, 1.82) is 0 Å². The molecule has 2 rings (SSSR count). The second-order valence-electron chi connectivity index (χ2n) is 8.99. The summed E-state index contributed by atoms with van der Waals surface area (Å²) in [6.07, 6.45) is 16.8. The molecule has 1 fully saturated rings. The van der Waals surface area contributed by atoms with Crippen LogP contribution in [0.4, 0.5) is 0 Å². The first-order chi connectivity index (χ1) is 14.0. The van der Waals surface area contributed by atoms with Crippen LogP contribution in [-0.2, 0) is 16.0 Å². The zero-order valence-corrected chi connectivity index (χ0v) is 18.8. The Bertz CT molecular complexity index is 646. The molecule has 0 saturated heterocycles. The first-order valence-corrected chi connectivity index (χ1v) is 11.4. The van der Waals surface area contributed by atoms with Crippen LogP contribution in [0.5, 0.6) is 0 Å². The number of rotatable bonds is 11. The molecule has 0 radical (unpaired) electrons. The van der Waals surface area contributed by atoms with E-state index < -0.39 is 0 Å². The maximum Gasteiger partial charge on any atom is 0.305 e. The van der Waals surface area contributed by atoms with Crippen molar-refractivity contribution in [3.8, 4) is 0 Å². The Balaban J connectivity index is 1.80. The minimum absolute atomic E-state index is 0.108. The molecule has 0 amide bonds. The van der Waals surface area contributed by atoms with Gasteiger partial charge in [0.15, 0.2) is 0 Å². The number of allylic oxidation sites excluding steroid dienone is 4. The smallest absolute Gasteiger partial charge is 0.305 e. The van der Waals surface area contributed by atoms with Crippen LogP contribution >= 0.6 is 0 Å². The van der Waals surface area contributed by atoms with E-state index in [1.807, 2.05) is 0 Å². The van der Waals surface area contributed by atoms with Crippen molar-refractivity contribution in [2.24, 2.45) is 29.6 Å². The van der Waals surface area contributed by atoms with Gasteiger partial charge < -0.3 is 4.74 Å². The molecule has 1 aliphatic rings. The minimum Gasteiger partial charge on any atom is -0.469 e. The van der Waals surface area contributed by atoms with E-state index in [2.05, 4.69) is 75.4 Å². The number of carbonyl (C=O) groups is 1. The maximum absolute atomic E-state index is 11.2. The number of ether oxygens (including phenoxy) is 1. The summed E-state index contributed by atoms with van der Waals surface area (Å²) in [5, 5.41) is 0. The predicted molar refractivity (Wildman–Crippen MR) is 123 cm³/mol. The zero-order chi connectivity index (χ0) is 21.1. The highest BCUT2D eigenvalue weighted by Gasteiger charge is 2.36. The molecular weight excluding hydrogens is 356 g/mol. The van der Waals surface area contributed by atoms with Crippen molar-refractivity contribution < 1.29 is 9.53 Å². The van der Waals surface area contributed by atoms with Gasteiger partial charge in [-0.25, -0.2) is 0 Å². The molecular formula is C27H40O2. The summed E-state index contributed by atoms with van der Waals surface area (Å²) in [6.45, 7) is 7.18. The summed E-state index contributed by atoms with van der Waals surface area (Å²) in [7, 11) is 1.46. The minimum atomic E-state index is -0.108. The first kappa shape index (κ1) is 23.4. The highest BCUT2D eigenvalue weighted by molar-refractivity contribution is 5.69. The predicted octanol–water partition coefficient (Wildman–Crippen LogP) is 7.01. The Labute approximate surface area is 178 Å². The normalized spacial score (nSPS) is 25.7. The molecule has 2 heteroatoms. The summed E-state index contributed by atoms with van der Waals surface area (Å²) in [5.74, 6) is 3.47. The van der Waals surface area contributed by atoms with Crippen LogP contribution in [0.2, 0.25) is 0 Å². The third-order valence-electron chi connectivity index (χ3n) is 6.57. The zero-order valence-electron chi connectivity index (χ0n) is 18.8. The fraction of sp³-hybridized carbons (Fsp3) is 0.593. The van der Waals surface area contributed by atoms with Gasteiger partial charge in [-0.3, -0.25) is 4.79 Å². The van der Waals surface area contributed by atoms with Crippen molar-refractivity contribution in [2.45, 2.75) is 65.7 Å². The van der Waals surface area contributed by atoms with Crippen LogP contribution in [0.1, 0.15) is 64.9 Å². The van der Waals surface area contributed by atoms with E-state index in [1.54, 1.807) is 0 Å². The standard InChI is InChI=1S/C27H40O2/c1-21(16-18-24-12-8-7-9-13-24)17-19-26-23(3)20-22(2)25(26)14-10-5-6-11-15-27(28)29-4/h5,7-10,12-13,17,19,21-23,25-26H,6,11,14-16,18,20H2,1-4H3/b10-5+,19-17+/t21-,22-,23+,25-,26-/m0/s1. The number of esters is 1. The second kappa shape index (κ2) is 12.7. The SMILES string of the molecule is COC(=O)CCC/C=C/C[C@@H]1[C@@H](/C=C/[C@@H](C)CCc2ccccc2)[C@H](C)C[C@@H]1C. The van der Waals surface area contributed by atoms with E-state index >= 15 is 0 Å². The fourth-order valence-electron chi connectivity index (χ4n) is 4.73. The van der Waals surface area contributed by atoms with E-state index in [9.17, 15) is 4.79 Å². The van der Waals surface area contributed by atoms with Gasteiger partial charge in [-0.15, -0.1) is 0 Å². The number of carbonyl (C=O) groups excluding carboxylic acids is 1. The topological polar surface area (TPSA) is 26.3 Å². The number of methoxy groups -OCH3 is 1. The average molecular weight is 397 g/mol. The Morgan fingerprint density at radius 1 is 1.17 bits per heavy atom. The number of unbranched alkanes of at least 4 members (excludes halogenated alkanes) is 1. The lowest BCUT2D eigenvalue weighted by atomic mass is 9.84. The van der Waals surface area contributed by atoms with E-state index in [-0.39, 0.29) is 5.97 Å². The lowest BCUT2D eigenvalue weighted by Crippen LogP contribution is -2.13. The van der Waals surface area contributed by atoms with Gasteiger partial charge in [-0.05, 0) is 73.7 Å². The second-order valence-corrected chi connectivity index (χ2v) is 8.99. The Morgan fingerprint density at radius 2 is 1.93 bits per heavy atom. The van der Waals surface area contributed by atoms with Gasteiger partial charge in [-0.1, -0.05) is 75.4 Å². The molecule has 1 aromatic carbocycles. The van der Waals surface area contributed by atoms with Crippen LogP contribution in [-0.4, -0.2) is 13.1 Å². The van der Waals surface area contributed by atoms with Gasteiger partial charge in [0.25, 0.3) is 0 Å². The molecule has 29 heavy (non-hydrogen) atoms. The Morgan fingerprint density at radius 3 is 2.66 bits per heavy atom. The number of hydrogen-bond acceptors (Lipinski definition) is 2. The Hall–Kier alpha value is -1.83. The lowest BCUT2D eigenvalue weighted by Gasteiger charge is -2.21. The molecule has 1 aromatic rings. The lowest BCUT2D eigenvalue weighted by molar-refractivity contribution is -0.140. The molecule has 0 heterocycles. The summed E-state index contributed by atoms with van der Waals surface area (Å²) >= 11 is 0. The van der Waals surface area contributed by atoms with Gasteiger partial charge in [0.1, 0.15) is 0 Å². The van der Waals surface area contributed by atoms with E-state index in [4.69, 9.17) is 4.74 Å². The van der Waals surface area contributed by atoms with Crippen molar-refractivity contribution in [1.82, 2.24) is 0 Å². The summed E-state index contributed by atoms with van der Waals surface area (Å²) in [6, 6.07) is 10.8. The third-order valence-corrected chi connectivity index (χ3v) is 6.57. The highest BCUT2D eigenvalue weighted by Crippen LogP contribution is 2.44. The van der Waals surface area contributed by atoms with Crippen LogP contribution < -0.4 is 0 Å². The molecule has 1 aliphatic carbocycles. The van der Waals surface area contributed by atoms with Crippen LogP contribution in [0, 0.1) is 29.6 Å². The van der Waals surface area contributed by atoms with Gasteiger partial charge in [0.2, 0.25) is 0 Å². The molecule has 0 N–H and O–H groups in total. The molecule has 2 nitrogen and oxygen atoms in total. The van der Waals surface area contributed by atoms with Crippen molar-refractivity contribution in [2.75, 3.05) is 7.11 Å². The van der Waals surface area contributed by atoms with Gasteiger partial charge in [0.05, 0.1) is 7.11 Å². The van der Waals surface area contributed by atoms with Crippen LogP contribution in [0.3, 0.4) is 0 Å². The fourth-order valence-corrected chi connectivity index (χ4v) is 4.73. The van der Waals surface area contributed by atoms with Gasteiger partial charge >= 0.3 is 5.97 Å². The largest absolute Gasteiger partial charge is 0.469 e. The van der Waals surface area contributed by atoms with E-state index in [0.29, 0.717) is 18.3 Å². The average Bonchev–Trinajstić information content (AvgIpc) is 3.00. The van der Waals surface area contributed by atoms with Crippen LogP contribution in [0.25, 0.3) is 0 Å². The number of benzene rings is 1. The number of aryl methyl sites for hydroxylation is 1. The molecule has 0 spiro atoms. The molecule has 0 bridgehead atoms. The third kappa shape index (κ3) is 8.20. The monoisotopic (exact) mass is 396 g/mol. The van der Waals surface area contributed by atoms with E-state index in [1.165, 1.54) is 25.5 Å². The van der Waals surface area contributed by atoms with Crippen molar-refractivity contribution in [3.63, 3.8) is 0 Å². The van der Waals surface area contributed by atoms with E-state index in [0.717, 1.165) is 43.4 Å². The molecule has 5 atom stereocenters. The van der Waals surface area contributed by atoms with Gasteiger partial charge in [-0.2, -0.15) is 0 Å². The summed E-state index contributed by atoms with van der Waals surface area (Å²) < 4.78 is 4.70. The van der Waals surface area contributed by atoms with Gasteiger partial charge in [0, 0.05) is 6.42 Å². The molecule has 0 aliphatic heterocycles. The first-order valence-electron chi connectivity index (χ1n) is 11.4.